The molecule has 0 spiro atoms. The van der Waals surface area contributed by atoms with Crippen LogP contribution in [0.4, 0.5) is 5.95 Å². The van der Waals surface area contributed by atoms with E-state index in [1.165, 1.54) is 0 Å². The summed E-state index contributed by atoms with van der Waals surface area (Å²) >= 11 is 0. The molecule has 1 amide bonds. The van der Waals surface area contributed by atoms with Crippen LogP contribution >= 0.6 is 0 Å². The van der Waals surface area contributed by atoms with Gasteiger partial charge in [-0.05, 0) is 6.07 Å². The van der Waals surface area contributed by atoms with Crippen LogP contribution in [-0.2, 0) is 16.4 Å². The highest BCUT2D eigenvalue weighted by Crippen LogP contribution is 2.29. The smallest absolute Gasteiger partial charge is 0.315 e. The van der Waals surface area contributed by atoms with Crippen LogP contribution in [-0.4, -0.2) is 76.0 Å². The zero-order valence-electron chi connectivity index (χ0n) is 13.7. The molecule has 2 aliphatic heterocycles. The maximum absolute atomic E-state index is 12.3. The minimum Gasteiger partial charge on any atom is -0.361 e. The van der Waals surface area contributed by atoms with Crippen molar-refractivity contribution in [1.82, 2.24) is 25.0 Å². The van der Waals surface area contributed by atoms with Crippen molar-refractivity contribution in [2.75, 3.05) is 29.5 Å². The first kappa shape index (κ1) is 16.8. The average Bonchev–Trinajstić information content (AvgIpc) is 3.19. The van der Waals surface area contributed by atoms with Crippen molar-refractivity contribution >= 4 is 21.7 Å². The summed E-state index contributed by atoms with van der Waals surface area (Å²) in [6.07, 6.45) is 3.27. The fourth-order valence-corrected chi connectivity index (χ4v) is 5.52. The number of carbonyl (C=O) groups excluding carboxylic acids is 1. The van der Waals surface area contributed by atoms with Crippen molar-refractivity contribution in [3.05, 3.63) is 30.2 Å². The molecule has 0 aromatic carbocycles. The maximum Gasteiger partial charge on any atom is 0.315 e. The average molecular weight is 379 g/mol. The number of amides is 1. The van der Waals surface area contributed by atoms with Gasteiger partial charge >= 0.3 is 11.8 Å². The highest BCUT2D eigenvalue weighted by Gasteiger charge is 2.47. The van der Waals surface area contributed by atoms with Gasteiger partial charge < -0.3 is 15.2 Å². The number of nitrogens with zero attached hydrogens (tertiary/aromatic N) is 6. The van der Waals surface area contributed by atoms with E-state index in [1.54, 1.807) is 18.5 Å². The molecule has 0 unspecified atom stereocenters. The predicted molar refractivity (Wildman–Crippen MR) is 88.8 cm³/mol. The van der Waals surface area contributed by atoms with E-state index in [1.807, 2.05) is 9.80 Å². The Morgan fingerprint density at radius 1 is 1.23 bits per heavy atom. The van der Waals surface area contributed by atoms with Crippen LogP contribution < -0.4 is 10.6 Å². The Hall–Kier alpha value is -2.60. The number of piperazine rings is 1. The second-order valence-electron chi connectivity index (χ2n) is 6.30. The quantitative estimate of drug-likeness (QED) is 0.661. The molecule has 4 rings (SSSR count). The minimum absolute atomic E-state index is 0.0432. The lowest BCUT2D eigenvalue weighted by molar-refractivity contribution is 0.0958. The predicted octanol–water partition coefficient (Wildman–Crippen LogP) is -1.55. The van der Waals surface area contributed by atoms with E-state index >= 15 is 0 Å². The van der Waals surface area contributed by atoms with E-state index in [4.69, 9.17) is 10.3 Å². The van der Waals surface area contributed by atoms with Crippen LogP contribution in [0.25, 0.3) is 0 Å². The fraction of sp³-hybridized carbons (Fsp3) is 0.500. The zero-order chi connectivity index (χ0) is 18.3. The summed E-state index contributed by atoms with van der Waals surface area (Å²) in [4.78, 5) is 27.5. The lowest BCUT2D eigenvalue weighted by Gasteiger charge is -2.43. The molecule has 0 saturated carbocycles. The van der Waals surface area contributed by atoms with Gasteiger partial charge in [-0.2, -0.15) is 4.98 Å². The number of hydrogen-bond donors (Lipinski definition) is 1. The van der Waals surface area contributed by atoms with Gasteiger partial charge in [0.25, 0.3) is 0 Å². The molecule has 2 aromatic heterocycles. The number of primary amides is 1. The van der Waals surface area contributed by atoms with Crippen LogP contribution in [0, 0.1) is 0 Å². The van der Waals surface area contributed by atoms with Crippen LogP contribution in [0.3, 0.4) is 0 Å². The summed E-state index contributed by atoms with van der Waals surface area (Å²) in [6.45, 7) is 1.42. The summed E-state index contributed by atoms with van der Waals surface area (Å²) in [7, 11) is -3.18. The van der Waals surface area contributed by atoms with Crippen LogP contribution in [0.2, 0.25) is 0 Å². The first-order valence-electron chi connectivity index (χ1n) is 8.03. The number of rotatable bonds is 4. The Balaban J connectivity index is 1.58. The number of aromatic nitrogens is 4. The summed E-state index contributed by atoms with van der Waals surface area (Å²) < 4.78 is 29.3. The summed E-state index contributed by atoms with van der Waals surface area (Å²) in [5.41, 5.74) is 5.12. The molecule has 12 heteroatoms. The van der Waals surface area contributed by atoms with Crippen molar-refractivity contribution < 1.29 is 17.7 Å². The molecule has 0 radical (unpaired) electrons. The Bertz CT molecular complexity index is 916. The van der Waals surface area contributed by atoms with Gasteiger partial charge in [0.15, 0.2) is 15.7 Å². The molecule has 2 aromatic rings. The van der Waals surface area contributed by atoms with Crippen LogP contribution in [0.5, 0.6) is 0 Å². The van der Waals surface area contributed by atoms with Crippen molar-refractivity contribution in [3.8, 4) is 0 Å². The molecule has 0 aliphatic carbocycles. The largest absolute Gasteiger partial charge is 0.361 e. The fourth-order valence-electron chi connectivity index (χ4n) is 3.51. The Kier molecular flexibility index (Phi) is 4.07. The summed E-state index contributed by atoms with van der Waals surface area (Å²) in [5, 5.41) is 3.74. The Labute approximate surface area is 149 Å². The highest BCUT2D eigenvalue weighted by molar-refractivity contribution is 7.91. The third-order valence-electron chi connectivity index (χ3n) is 4.62. The van der Waals surface area contributed by atoms with E-state index in [9.17, 15) is 13.2 Å². The third-order valence-corrected chi connectivity index (χ3v) is 6.32. The molecule has 11 nitrogen and oxygen atoms in total. The number of sulfone groups is 1. The van der Waals surface area contributed by atoms with Crippen molar-refractivity contribution in [3.63, 3.8) is 0 Å². The van der Waals surface area contributed by atoms with Crippen molar-refractivity contribution in [1.29, 1.82) is 0 Å². The van der Waals surface area contributed by atoms with Gasteiger partial charge in [0.05, 0.1) is 24.1 Å². The van der Waals surface area contributed by atoms with E-state index in [0.29, 0.717) is 24.9 Å². The minimum atomic E-state index is -3.18. The van der Waals surface area contributed by atoms with Crippen molar-refractivity contribution in [2.24, 2.45) is 5.73 Å². The molecule has 2 atom stereocenters. The Morgan fingerprint density at radius 3 is 2.65 bits per heavy atom. The molecule has 2 aliphatic rings. The number of fused-ring (bicyclic) bond motifs is 1. The first-order chi connectivity index (χ1) is 12.4. The molecule has 2 N–H and O–H groups in total. The number of nitrogens with two attached hydrogens (primary N) is 1. The normalized spacial score (nSPS) is 25.2. The molecule has 2 saturated heterocycles. The maximum atomic E-state index is 12.3. The first-order valence-corrected chi connectivity index (χ1v) is 9.85. The van der Waals surface area contributed by atoms with Gasteiger partial charge in [-0.3, -0.25) is 9.69 Å². The van der Waals surface area contributed by atoms with Gasteiger partial charge in [0.2, 0.25) is 5.95 Å². The van der Waals surface area contributed by atoms with E-state index in [2.05, 4.69) is 20.1 Å². The standard InChI is InChI=1S/C14H17N7O4S/c15-12(22)13-18-11(19-25-13)6-20-4-5-21(14-16-2-1-3-17-14)10-8-26(23,24)7-9(10)20/h1-3,9-10H,4-8H2,(H2,15,22)/t9-,10+/m0/s1. The van der Waals surface area contributed by atoms with Gasteiger partial charge in [-0.15, -0.1) is 0 Å². The number of hydrogen-bond acceptors (Lipinski definition) is 10. The number of anilines is 1. The summed E-state index contributed by atoms with van der Waals surface area (Å²) in [5.74, 6) is -0.142. The molecule has 2 fully saturated rings. The summed E-state index contributed by atoms with van der Waals surface area (Å²) in [6, 6.07) is 1.22. The van der Waals surface area contributed by atoms with Crippen molar-refractivity contribution in [2.45, 2.75) is 18.6 Å². The molecular weight excluding hydrogens is 362 g/mol. The topological polar surface area (TPSA) is 148 Å². The molecule has 138 valence electrons. The Morgan fingerprint density at radius 2 is 1.96 bits per heavy atom. The van der Waals surface area contributed by atoms with Gasteiger partial charge in [-0.25, -0.2) is 18.4 Å². The highest BCUT2D eigenvalue weighted by atomic mass is 32.2. The van der Waals surface area contributed by atoms with E-state index in [-0.39, 0.29) is 36.0 Å². The van der Waals surface area contributed by atoms with E-state index in [0.717, 1.165) is 0 Å². The van der Waals surface area contributed by atoms with Gasteiger partial charge in [-0.1, -0.05) is 5.16 Å². The van der Waals surface area contributed by atoms with E-state index < -0.39 is 15.7 Å². The lowest BCUT2D eigenvalue weighted by Crippen LogP contribution is -2.59. The van der Waals surface area contributed by atoms with Gasteiger partial charge in [0.1, 0.15) is 0 Å². The lowest BCUT2D eigenvalue weighted by atomic mass is 10.1. The monoisotopic (exact) mass is 379 g/mol. The second-order valence-corrected chi connectivity index (χ2v) is 8.46. The van der Waals surface area contributed by atoms with Crippen LogP contribution in [0.15, 0.2) is 23.0 Å². The third kappa shape index (κ3) is 3.12. The SMILES string of the molecule is NC(=O)c1nc(CN2CCN(c3ncccn3)[C@@H]3CS(=O)(=O)C[C@@H]32)no1. The zero-order valence-corrected chi connectivity index (χ0v) is 14.5. The molecule has 0 bridgehead atoms. The molecular formula is C14H17N7O4S. The molecule has 26 heavy (non-hydrogen) atoms. The van der Waals surface area contributed by atoms with Gasteiger partial charge in [0, 0.05) is 31.5 Å². The van der Waals surface area contributed by atoms with Crippen LogP contribution in [0.1, 0.15) is 16.5 Å². The second kappa shape index (κ2) is 6.29. The molecule has 4 heterocycles. The number of carbonyl (C=O) groups is 1.